The molecule has 3 N–H and O–H groups in total. The average molecular weight is 238 g/mol. The molecule has 96 valence electrons. The number of nitrogens with two attached hydrogens (primary N) is 1. The van der Waals surface area contributed by atoms with Crippen LogP contribution in [0.25, 0.3) is 0 Å². The van der Waals surface area contributed by atoms with Gasteiger partial charge in [0.15, 0.2) is 0 Å². The monoisotopic (exact) mass is 238 g/mol. The number of hydrogen-bond donors (Lipinski definition) is 2. The summed E-state index contributed by atoms with van der Waals surface area (Å²) in [5.41, 5.74) is 9.14. The molecular weight excluding hydrogens is 216 g/mol. The van der Waals surface area contributed by atoms with Crippen LogP contribution in [0.15, 0.2) is 5.16 Å². The maximum absolute atomic E-state index is 8.41. The van der Waals surface area contributed by atoms with Crippen LogP contribution in [0.2, 0.25) is 0 Å². The van der Waals surface area contributed by atoms with Crippen molar-refractivity contribution in [1.29, 1.82) is 0 Å². The number of oxime groups is 1. The molecule has 17 heavy (non-hydrogen) atoms. The zero-order valence-electron chi connectivity index (χ0n) is 10.9. The number of nitrogens with zero attached hydrogens (tertiary/aromatic N) is 3. The fraction of sp³-hybridized carbons (Fsp3) is 0.667. The lowest BCUT2D eigenvalue weighted by Gasteiger charge is -2.04. The van der Waals surface area contributed by atoms with Crippen LogP contribution < -0.4 is 5.73 Å². The number of hydrogen-bond acceptors (Lipinski definition) is 3. The number of aryl methyl sites for hydroxylation is 2. The Kier molecular flexibility index (Phi) is 5.00. The molecule has 0 saturated carbocycles. The van der Waals surface area contributed by atoms with Gasteiger partial charge in [-0.15, -0.1) is 0 Å². The maximum Gasteiger partial charge on any atom is 0.139 e. The van der Waals surface area contributed by atoms with E-state index < -0.39 is 0 Å². The minimum Gasteiger partial charge on any atom is -0.409 e. The average Bonchev–Trinajstić information content (AvgIpc) is 2.59. The molecule has 0 radical (unpaired) electrons. The molecule has 0 atom stereocenters. The molecule has 0 saturated heterocycles. The summed E-state index contributed by atoms with van der Waals surface area (Å²) in [4.78, 5) is 0. The first-order valence-electron chi connectivity index (χ1n) is 6.09. The van der Waals surface area contributed by atoms with Crippen molar-refractivity contribution in [2.24, 2.45) is 10.9 Å². The van der Waals surface area contributed by atoms with E-state index in [9.17, 15) is 0 Å². The third-order valence-electron chi connectivity index (χ3n) is 3.07. The van der Waals surface area contributed by atoms with Crippen LogP contribution in [0, 0.1) is 13.8 Å². The fourth-order valence-corrected chi connectivity index (χ4v) is 2.08. The van der Waals surface area contributed by atoms with Crippen LogP contribution in [0.3, 0.4) is 0 Å². The van der Waals surface area contributed by atoms with Gasteiger partial charge in [0.25, 0.3) is 0 Å². The summed E-state index contributed by atoms with van der Waals surface area (Å²) < 4.78 is 2.06. The van der Waals surface area contributed by atoms with Crippen LogP contribution in [0.5, 0.6) is 0 Å². The van der Waals surface area contributed by atoms with E-state index in [0.717, 1.165) is 31.5 Å². The van der Waals surface area contributed by atoms with Crippen LogP contribution >= 0.6 is 0 Å². The van der Waals surface area contributed by atoms with Crippen molar-refractivity contribution in [2.75, 3.05) is 0 Å². The Hall–Kier alpha value is -1.52. The molecule has 1 aromatic heterocycles. The Balaban J connectivity index is 2.47. The topological polar surface area (TPSA) is 76.4 Å². The second-order valence-electron chi connectivity index (χ2n) is 4.27. The highest BCUT2D eigenvalue weighted by Gasteiger charge is 2.08. The number of aromatic nitrogens is 2. The van der Waals surface area contributed by atoms with E-state index in [1.165, 1.54) is 11.3 Å². The van der Waals surface area contributed by atoms with Gasteiger partial charge >= 0.3 is 0 Å². The minimum absolute atomic E-state index is 0.299. The molecule has 1 aromatic rings. The molecule has 0 fully saturated rings. The molecule has 1 rings (SSSR count). The van der Waals surface area contributed by atoms with Crippen molar-refractivity contribution in [2.45, 2.75) is 53.0 Å². The van der Waals surface area contributed by atoms with Crippen LogP contribution in [0.1, 0.15) is 43.1 Å². The first kappa shape index (κ1) is 13.5. The van der Waals surface area contributed by atoms with E-state index in [4.69, 9.17) is 10.9 Å². The predicted octanol–water partition coefficient (Wildman–Crippen LogP) is 1.98. The van der Waals surface area contributed by atoms with Crippen molar-refractivity contribution in [3.8, 4) is 0 Å². The first-order valence-corrected chi connectivity index (χ1v) is 6.09. The molecule has 0 amide bonds. The molecule has 0 bridgehead atoms. The fourth-order valence-electron chi connectivity index (χ4n) is 2.08. The Morgan fingerprint density at radius 2 is 2.12 bits per heavy atom. The smallest absolute Gasteiger partial charge is 0.139 e. The summed E-state index contributed by atoms with van der Waals surface area (Å²) in [7, 11) is 0. The molecule has 0 spiro atoms. The van der Waals surface area contributed by atoms with Gasteiger partial charge in [0.2, 0.25) is 0 Å². The molecule has 0 aliphatic heterocycles. The number of rotatable bonds is 6. The summed E-state index contributed by atoms with van der Waals surface area (Å²) in [5.74, 6) is 0.299. The molecule has 0 aliphatic rings. The lowest BCUT2D eigenvalue weighted by atomic mass is 10.1. The predicted molar refractivity (Wildman–Crippen MR) is 68.3 cm³/mol. The Labute approximate surface area is 102 Å². The number of amidine groups is 1. The highest BCUT2D eigenvalue weighted by atomic mass is 16.4. The molecule has 5 heteroatoms. The standard InChI is InChI=1S/C12H22N4O/c1-4-11-9(2)14-16(10(11)3)8-6-5-7-12(13)15-17/h17H,4-8H2,1-3H3,(H2,13,15). The van der Waals surface area contributed by atoms with Gasteiger partial charge in [-0.1, -0.05) is 12.1 Å². The molecule has 0 aromatic carbocycles. The van der Waals surface area contributed by atoms with E-state index in [-0.39, 0.29) is 0 Å². The van der Waals surface area contributed by atoms with Gasteiger partial charge < -0.3 is 10.9 Å². The Morgan fingerprint density at radius 3 is 2.65 bits per heavy atom. The highest BCUT2D eigenvalue weighted by molar-refractivity contribution is 5.79. The second-order valence-corrected chi connectivity index (χ2v) is 4.27. The summed E-state index contributed by atoms with van der Waals surface area (Å²) in [6.45, 7) is 7.21. The zero-order chi connectivity index (χ0) is 12.8. The van der Waals surface area contributed by atoms with Crippen molar-refractivity contribution in [1.82, 2.24) is 9.78 Å². The van der Waals surface area contributed by atoms with Crippen molar-refractivity contribution >= 4 is 5.84 Å². The second kappa shape index (κ2) is 6.27. The summed E-state index contributed by atoms with van der Waals surface area (Å²) in [6.07, 6.45) is 3.56. The van der Waals surface area contributed by atoms with E-state index in [1.807, 2.05) is 0 Å². The Morgan fingerprint density at radius 1 is 1.41 bits per heavy atom. The van der Waals surface area contributed by atoms with Gasteiger partial charge in [-0.2, -0.15) is 5.10 Å². The molecule has 0 aliphatic carbocycles. The van der Waals surface area contributed by atoms with E-state index in [0.29, 0.717) is 12.3 Å². The van der Waals surface area contributed by atoms with Crippen LogP contribution in [-0.4, -0.2) is 20.8 Å². The highest BCUT2D eigenvalue weighted by Crippen LogP contribution is 2.14. The molecule has 0 unspecified atom stereocenters. The van der Waals surface area contributed by atoms with Crippen LogP contribution in [-0.2, 0) is 13.0 Å². The molecule has 5 nitrogen and oxygen atoms in total. The van der Waals surface area contributed by atoms with Crippen molar-refractivity contribution in [3.05, 3.63) is 17.0 Å². The third-order valence-corrected chi connectivity index (χ3v) is 3.07. The van der Waals surface area contributed by atoms with Gasteiger partial charge in [0.1, 0.15) is 5.84 Å². The van der Waals surface area contributed by atoms with Gasteiger partial charge in [0.05, 0.1) is 5.69 Å². The lowest BCUT2D eigenvalue weighted by molar-refractivity contribution is 0.316. The van der Waals surface area contributed by atoms with Gasteiger partial charge in [-0.3, -0.25) is 4.68 Å². The quantitative estimate of drug-likeness (QED) is 0.261. The molecule has 1 heterocycles. The van der Waals surface area contributed by atoms with Gasteiger partial charge in [-0.25, -0.2) is 0 Å². The van der Waals surface area contributed by atoms with E-state index in [2.05, 4.69) is 35.7 Å². The van der Waals surface area contributed by atoms with E-state index in [1.54, 1.807) is 0 Å². The summed E-state index contributed by atoms with van der Waals surface area (Å²) >= 11 is 0. The minimum atomic E-state index is 0.299. The largest absolute Gasteiger partial charge is 0.409 e. The maximum atomic E-state index is 8.41. The summed E-state index contributed by atoms with van der Waals surface area (Å²) in [5, 5.41) is 15.9. The molecular formula is C12H22N4O. The first-order chi connectivity index (χ1) is 8.10. The Bertz CT molecular complexity index is 395. The third kappa shape index (κ3) is 3.47. The lowest BCUT2D eigenvalue weighted by Crippen LogP contribution is -2.11. The van der Waals surface area contributed by atoms with Gasteiger partial charge in [-0.05, 0) is 38.7 Å². The summed E-state index contributed by atoms with van der Waals surface area (Å²) in [6, 6.07) is 0. The van der Waals surface area contributed by atoms with Crippen molar-refractivity contribution < 1.29 is 5.21 Å². The van der Waals surface area contributed by atoms with E-state index >= 15 is 0 Å². The SMILES string of the molecule is CCc1c(C)nn(CCCC/C(N)=N/O)c1C. The van der Waals surface area contributed by atoms with Crippen LogP contribution in [0.4, 0.5) is 0 Å². The van der Waals surface area contributed by atoms with Gasteiger partial charge in [0, 0.05) is 18.7 Å². The zero-order valence-corrected chi connectivity index (χ0v) is 10.9. The van der Waals surface area contributed by atoms with Crippen molar-refractivity contribution in [3.63, 3.8) is 0 Å². The number of unbranched alkanes of at least 4 members (excludes halogenated alkanes) is 1. The normalized spacial score (nSPS) is 12.1.